The van der Waals surface area contributed by atoms with E-state index in [2.05, 4.69) is 31.2 Å². The molecule has 0 saturated carbocycles. The van der Waals surface area contributed by atoms with Crippen LogP contribution in [0.2, 0.25) is 0 Å². The smallest absolute Gasteiger partial charge is 0.128 e. The average Bonchev–Trinajstić information content (AvgIpc) is 2.19. The zero-order chi connectivity index (χ0) is 9.52. The molecule has 72 valence electrons. The molecule has 0 heterocycles. The fourth-order valence-electron chi connectivity index (χ4n) is 1.15. The number of thioether (sulfide) groups is 1. The van der Waals surface area contributed by atoms with E-state index in [1.165, 1.54) is 5.56 Å². The fourth-order valence-corrected chi connectivity index (χ4v) is 2.04. The van der Waals surface area contributed by atoms with Crippen molar-refractivity contribution in [1.82, 2.24) is 0 Å². The second-order valence-corrected chi connectivity index (χ2v) is 3.99. The van der Waals surface area contributed by atoms with E-state index in [4.69, 9.17) is 4.74 Å². The zero-order valence-electron chi connectivity index (χ0n) is 8.19. The Hall–Kier alpha value is -0.470. The lowest BCUT2D eigenvalue weighted by Crippen LogP contribution is -2.00. The van der Waals surface area contributed by atoms with E-state index in [9.17, 15) is 0 Å². The van der Waals surface area contributed by atoms with Gasteiger partial charge in [0.1, 0.15) is 5.44 Å². The van der Waals surface area contributed by atoms with Crippen LogP contribution < -0.4 is 0 Å². The van der Waals surface area contributed by atoms with Crippen LogP contribution in [0.1, 0.15) is 24.8 Å². The lowest BCUT2D eigenvalue weighted by Gasteiger charge is -2.15. The van der Waals surface area contributed by atoms with Crippen molar-refractivity contribution in [2.75, 3.05) is 12.4 Å². The van der Waals surface area contributed by atoms with Crippen molar-refractivity contribution in [2.45, 2.75) is 19.3 Å². The van der Waals surface area contributed by atoms with E-state index in [0.717, 1.165) is 12.4 Å². The summed E-state index contributed by atoms with van der Waals surface area (Å²) in [7, 11) is 0. The van der Waals surface area contributed by atoms with Gasteiger partial charge in [-0.25, -0.2) is 0 Å². The lowest BCUT2D eigenvalue weighted by atomic mass is 10.2. The van der Waals surface area contributed by atoms with Crippen LogP contribution in [-0.4, -0.2) is 12.4 Å². The Labute approximate surface area is 84.5 Å². The van der Waals surface area contributed by atoms with Crippen molar-refractivity contribution in [3.8, 4) is 0 Å². The molecule has 0 fully saturated rings. The average molecular weight is 196 g/mol. The summed E-state index contributed by atoms with van der Waals surface area (Å²) in [6, 6.07) is 10.4. The first-order chi connectivity index (χ1) is 6.38. The van der Waals surface area contributed by atoms with E-state index in [-0.39, 0.29) is 5.44 Å². The van der Waals surface area contributed by atoms with E-state index in [0.29, 0.717) is 0 Å². The predicted molar refractivity (Wildman–Crippen MR) is 58.9 cm³/mol. The Morgan fingerprint density at radius 1 is 1.23 bits per heavy atom. The minimum atomic E-state index is 0.205. The molecular weight excluding hydrogens is 180 g/mol. The second kappa shape index (κ2) is 6.06. The van der Waals surface area contributed by atoms with Crippen molar-refractivity contribution >= 4 is 11.8 Å². The summed E-state index contributed by atoms with van der Waals surface area (Å²) in [6.45, 7) is 4.96. The quantitative estimate of drug-likeness (QED) is 0.667. The van der Waals surface area contributed by atoms with Gasteiger partial charge in [0.2, 0.25) is 0 Å². The topological polar surface area (TPSA) is 9.23 Å². The first-order valence-electron chi connectivity index (χ1n) is 4.66. The van der Waals surface area contributed by atoms with E-state index < -0.39 is 0 Å². The van der Waals surface area contributed by atoms with Crippen molar-refractivity contribution < 1.29 is 4.74 Å². The molecule has 0 radical (unpaired) electrons. The highest BCUT2D eigenvalue weighted by Crippen LogP contribution is 2.29. The molecule has 1 atom stereocenters. The van der Waals surface area contributed by atoms with Crippen LogP contribution >= 0.6 is 11.8 Å². The van der Waals surface area contributed by atoms with Gasteiger partial charge in [-0.3, -0.25) is 0 Å². The molecule has 0 aliphatic carbocycles. The third-order valence-corrected chi connectivity index (χ3v) is 2.75. The van der Waals surface area contributed by atoms with Crippen molar-refractivity contribution in [1.29, 1.82) is 0 Å². The molecule has 13 heavy (non-hydrogen) atoms. The van der Waals surface area contributed by atoms with Crippen molar-refractivity contribution in [3.63, 3.8) is 0 Å². The summed E-state index contributed by atoms with van der Waals surface area (Å²) in [5, 5.41) is 0. The van der Waals surface area contributed by atoms with Crippen molar-refractivity contribution in [2.24, 2.45) is 0 Å². The molecule has 0 aliphatic heterocycles. The van der Waals surface area contributed by atoms with Crippen LogP contribution in [0, 0.1) is 0 Å². The van der Waals surface area contributed by atoms with Crippen LogP contribution in [0.3, 0.4) is 0 Å². The van der Waals surface area contributed by atoms with Gasteiger partial charge in [-0.1, -0.05) is 37.3 Å². The van der Waals surface area contributed by atoms with Gasteiger partial charge >= 0.3 is 0 Å². The van der Waals surface area contributed by atoms with Gasteiger partial charge in [0.25, 0.3) is 0 Å². The highest BCUT2D eigenvalue weighted by molar-refractivity contribution is 7.99. The first-order valence-corrected chi connectivity index (χ1v) is 5.71. The zero-order valence-corrected chi connectivity index (χ0v) is 9.01. The Balaban J connectivity index is 2.64. The Morgan fingerprint density at radius 2 is 1.92 bits per heavy atom. The predicted octanol–water partition coefficient (Wildman–Crippen LogP) is 3.47. The molecule has 1 aromatic carbocycles. The molecule has 0 N–H and O–H groups in total. The van der Waals surface area contributed by atoms with Crippen LogP contribution in [0.5, 0.6) is 0 Å². The van der Waals surface area contributed by atoms with Crippen LogP contribution in [0.25, 0.3) is 0 Å². The van der Waals surface area contributed by atoms with Gasteiger partial charge in [-0.15, -0.1) is 11.8 Å². The monoisotopic (exact) mass is 196 g/mol. The summed E-state index contributed by atoms with van der Waals surface area (Å²) in [5.41, 5.74) is 1.47. The maximum absolute atomic E-state index is 5.63. The minimum absolute atomic E-state index is 0.205. The van der Waals surface area contributed by atoms with Crippen LogP contribution in [0.15, 0.2) is 30.3 Å². The van der Waals surface area contributed by atoms with Gasteiger partial charge in [-0.2, -0.15) is 0 Å². The van der Waals surface area contributed by atoms with Gasteiger partial charge in [0.05, 0.1) is 0 Å². The molecule has 1 rings (SSSR count). The summed E-state index contributed by atoms with van der Waals surface area (Å²) in [5.74, 6) is 1.08. The van der Waals surface area contributed by atoms with Gasteiger partial charge in [0, 0.05) is 6.61 Å². The van der Waals surface area contributed by atoms with E-state index in [1.807, 2.05) is 24.8 Å². The Bertz CT molecular complexity index is 217. The lowest BCUT2D eigenvalue weighted by molar-refractivity contribution is 0.126. The number of benzene rings is 1. The van der Waals surface area contributed by atoms with Crippen LogP contribution in [0.4, 0.5) is 0 Å². The molecule has 1 unspecified atom stereocenters. The molecule has 0 spiro atoms. The molecule has 1 aromatic rings. The largest absolute Gasteiger partial charge is 0.363 e. The Kier molecular flexibility index (Phi) is 4.94. The SMILES string of the molecule is CCOC(SCC)c1ccccc1. The Morgan fingerprint density at radius 3 is 2.46 bits per heavy atom. The number of ether oxygens (including phenoxy) is 1. The summed E-state index contributed by atoms with van der Waals surface area (Å²) >= 11 is 1.83. The molecule has 0 aliphatic rings. The molecule has 0 aromatic heterocycles. The van der Waals surface area contributed by atoms with E-state index in [1.54, 1.807) is 0 Å². The highest BCUT2D eigenvalue weighted by atomic mass is 32.2. The maximum Gasteiger partial charge on any atom is 0.128 e. The third kappa shape index (κ3) is 3.41. The minimum Gasteiger partial charge on any atom is -0.363 e. The fraction of sp³-hybridized carbons (Fsp3) is 0.455. The molecule has 0 saturated heterocycles. The number of rotatable bonds is 5. The van der Waals surface area contributed by atoms with Gasteiger partial charge < -0.3 is 4.74 Å². The normalized spacial score (nSPS) is 12.8. The molecular formula is C11H16OS. The molecule has 0 bridgehead atoms. The van der Waals surface area contributed by atoms with Crippen molar-refractivity contribution in [3.05, 3.63) is 35.9 Å². The second-order valence-electron chi connectivity index (χ2n) is 2.65. The molecule has 2 heteroatoms. The summed E-state index contributed by atoms with van der Waals surface area (Å²) in [6.07, 6.45) is 0. The number of hydrogen-bond donors (Lipinski definition) is 0. The van der Waals surface area contributed by atoms with Gasteiger partial charge in [0.15, 0.2) is 0 Å². The summed E-state index contributed by atoms with van der Waals surface area (Å²) in [4.78, 5) is 0. The standard InChI is InChI=1S/C11H16OS/c1-3-12-11(13-4-2)10-8-6-5-7-9-10/h5-9,11H,3-4H2,1-2H3. The summed E-state index contributed by atoms with van der Waals surface area (Å²) < 4.78 is 5.63. The highest BCUT2D eigenvalue weighted by Gasteiger charge is 2.09. The molecule has 0 amide bonds. The molecule has 1 nitrogen and oxygen atoms in total. The third-order valence-electron chi connectivity index (χ3n) is 1.71. The maximum atomic E-state index is 5.63. The number of hydrogen-bond acceptors (Lipinski definition) is 2. The van der Waals surface area contributed by atoms with Gasteiger partial charge in [-0.05, 0) is 18.2 Å². The van der Waals surface area contributed by atoms with E-state index >= 15 is 0 Å². The van der Waals surface area contributed by atoms with Crippen LogP contribution in [-0.2, 0) is 4.74 Å². The first kappa shape index (κ1) is 10.6.